The molecule has 1 saturated heterocycles. The van der Waals surface area contributed by atoms with Crippen molar-refractivity contribution in [2.24, 2.45) is 5.92 Å². The van der Waals surface area contributed by atoms with E-state index in [1.54, 1.807) is 24.3 Å². The second-order valence-electron chi connectivity index (χ2n) is 4.22. The number of rotatable bonds is 3. The summed E-state index contributed by atoms with van der Waals surface area (Å²) in [6, 6.07) is 8.95. The van der Waals surface area contributed by atoms with Crippen LogP contribution in [0, 0.1) is 17.2 Å². The Hall–Kier alpha value is -1.90. The smallest absolute Gasteiger partial charge is 0.231 e. The molecule has 0 aromatic heterocycles. The minimum absolute atomic E-state index is 0.0455. The van der Waals surface area contributed by atoms with E-state index < -0.39 is 0 Å². The van der Waals surface area contributed by atoms with E-state index >= 15 is 0 Å². The van der Waals surface area contributed by atoms with Crippen molar-refractivity contribution in [3.8, 4) is 6.07 Å². The number of carbonyl (C=O) groups is 1. The highest BCUT2D eigenvalue weighted by Gasteiger charge is 2.32. The predicted octanol–water partition coefficient (Wildman–Crippen LogP) is 0.731. The lowest BCUT2D eigenvalue weighted by Gasteiger charge is -2.16. The van der Waals surface area contributed by atoms with Gasteiger partial charge in [-0.25, -0.2) is 0 Å². The van der Waals surface area contributed by atoms with Crippen LogP contribution in [0.1, 0.15) is 5.56 Å². The SMILES string of the molecule is CNC1COCC1C(=O)Nc1cccc(C#N)c1. The molecule has 1 fully saturated rings. The molecular weight excluding hydrogens is 230 g/mol. The Bertz CT molecular complexity index is 481. The van der Waals surface area contributed by atoms with Gasteiger partial charge in [-0.15, -0.1) is 0 Å². The summed E-state index contributed by atoms with van der Waals surface area (Å²) in [7, 11) is 1.82. The summed E-state index contributed by atoms with van der Waals surface area (Å²) < 4.78 is 5.29. The quantitative estimate of drug-likeness (QED) is 0.823. The molecule has 0 radical (unpaired) electrons. The van der Waals surface area contributed by atoms with E-state index in [0.717, 1.165) is 0 Å². The number of amides is 1. The fourth-order valence-corrected chi connectivity index (χ4v) is 2.00. The molecule has 0 aliphatic carbocycles. The van der Waals surface area contributed by atoms with E-state index in [0.29, 0.717) is 24.5 Å². The van der Waals surface area contributed by atoms with Crippen molar-refractivity contribution in [1.29, 1.82) is 5.26 Å². The Morgan fingerprint density at radius 1 is 1.50 bits per heavy atom. The molecule has 1 aliphatic heterocycles. The Kier molecular flexibility index (Phi) is 3.92. The van der Waals surface area contributed by atoms with Crippen LogP contribution >= 0.6 is 0 Å². The van der Waals surface area contributed by atoms with E-state index in [-0.39, 0.29) is 17.9 Å². The maximum atomic E-state index is 12.1. The number of anilines is 1. The van der Waals surface area contributed by atoms with Gasteiger partial charge in [0.1, 0.15) is 0 Å². The van der Waals surface area contributed by atoms with Gasteiger partial charge in [0.15, 0.2) is 0 Å². The topological polar surface area (TPSA) is 74.2 Å². The average Bonchev–Trinajstić information content (AvgIpc) is 2.87. The molecule has 2 atom stereocenters. The fraction of sp³-hybridized carbons (Fsp3) is 0.385. The molecule has 0 saturated carbocycles. The molecule has 0 bridgehead atoms. The molecule has 1 amide bonds. The normalized spacial score (nSPS) is 22.4. The van der Waals surface area contributed by atoms with Crippen LogP contribution in [0.5, 0.6) is 0 Å². The van der Waals surface area contributed by atoms with Crippen LogP contribution in [-0.4, -0.2) is 32.2 Å². The summed E-state index contributed by atoms with van der Waals surface area (Å²) in [4.78, 5) is 12.1. The highest BCUT2D eigenvalue weighted by molar-refractivity contribution is 5.93. The van der Waals surface area contributed by atoms with Gasteiger partial charge in [0.05, 0.1) is 30.8 Å². The molecule has 94 valence electrons. The molecular formula is C13H15N3O2. The maximum Gasteiger partial charge on any atom is 0.231 e. The van der Waals surface area contributed by atoms with Gasteiger partial charge in [-0.2, -0.15) is 5.26 Å². The molecule has 2 unspecified atom stereocenters. The molecule has 2 rings (SSSR count). The summed E-state index contributed by atoms with van der Waals surface area (Å²) in [6.07, 6.45) is 0. The van der Waals surface area contributed by atoms with Crippen LogP contribution in [-0.2, 0) is 9.53 Å². The number of carbonyl (C=O) groups excluding carboxylic acids is 1. The molecule has 0 spiro atoms. The van der Waals surface area contributed by atoms with Crippen LogP contribution in [0.25, 0.3) is 0 Å². The third kappa shape index (κ3) is 2.67. The number of nitrogens with one attached hydrogen (secondary N) is 2. The highest BCUT2D eigenvalue weighted by atomic mass is 16.5. The van der Waals surface area contributed by atoms with E-state index in [2.05, 4.69) is 10.6 Å². The predicted molar refractivity (Wildman–Crippen MR) is 66.9 cm³/mol. The molecule has 5 nitrogen and oxygen atoms in total. The van der Waals surface area contributed by atoms with Crippen LogP contribution < -0.4 is 10.6 Å². The highest BCUT2D eigenvalue weighted by Crippen LogP contribution is 2.17. The van der Waals surface area contributed by atoms with Crippen LogP contribution in [0.15, 0.2) is 24.3 Å². The Labute approximate surface area is 106 Å². The van der Waals surface area contributed by atoms with Gasteiger partial charge in [-0.3, -0.25) is 4.79 Å². The standard InChI is InChI=1S/C13H15N3O2/c1-15-12-8-18-7-11(12)13(17)16-10-4-2-3-9(5-10)6-14/h2-5,11-12,15H,7-8H2,1H3,(H,16,17). The van der Waals surface area contributed by atoms with Crippen molar-refractivity contribution in [2.45, 2.75) is 6.04 Å². The first-order valence-corrected chi connectivity index (χ1v) is 5.80. The van der Waals surface area contributed by atoms with Crippen molar-refractivity contribution in [2.75, 3.05) is 25.6 Å². The lowest BCUT2D eigenvalue weighted by Crippen LogP contribution is -2.39. The first kappa shape index (κ1) is 12.6. The summed E-state index contributed by atoms with van der Waals surface area (Å²) in [6.45, 7) is 0.974. The van der Waals surface area contributed by atoms with E-state index in [1.807, 2.05) is 13.1 Å². The minimum atomic E-state index is -0.194. The molecule has 18 heavy (non-hydrogen) atoms. The second kappa shape index (κ2) is 5.63. The Balaban J connectivity index is 2.04. The van der Waals surface area contributed by atoms with Gasteiger partial charge < -0.3 is 15.4 Å². The van der Waals surface area contributed by atoms with E-state index in [9.17, 15) is 4.79 Å². The lowest BCUT2D eigenvalue weighted by atomic mass is 10.0. The summed E-state index contributed by atoms with van der Waals surface area (Å²) in [5.74, 6) is -0.275. The molecule has 1 heterocycles. The zero-order valence-corrected chi connectivity index (χ0v) is 10.1. The third-order valence-corrected chi connectivity index (χ3v) is 3.05. The monoisotopic (exact) mass is 245 g/mol. The van der Waals surface area contributed by atoms with Crippen LogP contribution in [0.4, 0.5) is 5.69 Å². The fourth-order valence-electron chi connectivity index (χ4n) is 2.00. The van der Waals surface area contributed by atoms with Crippen LogP contribution in [0.3, 0.4) is 0 Å². The Morgan fingerprint density at radius 3 is 3.06 bits per heavy atom. The Morgan fingerprint density at radius 2 is 2.33 bits per heavy atom. The lowest BCUT2D eigenvalue weighted by molar-refractivity contribution is -0.120. The second-order valence-corrected chi connectivity index (χ2v) is 4.22. The van der Waals surface area contributed by atoms with Crippen molar-refractivity contribution in [1.82, 2.24) is 5.32 Å². The largest absolute Gasteiger partial charge is 0.379 e. The zero-order valence-electron chi connectivity index (χ0n) is 10.1. The number of nitriles is 1. The van der Waals surface area contributed by atoms with Gasteiger partial charge in [-0.05, 0) is 25.2 Å². The van der Waals surface area contributed by atoms with Gasteiger partial charge >= 0.3 is 0 Å². The van der Waals surface area contributed by atoms with Gasteiger partial charge in [0.2, 0.25) is 5.91 Å². The number of hydrogen-bond acceptors (Lipinski definition) is 4. The third-order valence-electron chi connectivity index (χ3n) is 3.05. The number of nitrogens with zero attached hydrogens (tertiary/aromatic N) is 1. The van der Waals surface area contributed by atoms with Gasteiger partial charge in [-0.1, -0.05) is 6.07 Å². The number of benzene rings is 1. The summed E-state index contributed by atoms with van der Waals surface area (Å²) >= 11 is 0. The summed E-state index contributed by atoms with van der Waals surface area (Å²) in [5, 5.41) is 14.7. The van der Waals surface area contributed by atoms with Crippen molar-refractivity contribution in [3.05, 3.63) is 29.8 Å². The minimum Gasteiger partial charge on any atom is -0.379 e. The van der Waals surface area contributed by atoms with Gasteiger partial charge in [0, 0.05) is 11.7 Å². The van der Waals surface area contributed by atoms with Crippen molar-refractivity contribution in [3.63, 3.8) is 0 Å². The number of likely N-dealkylation sites (N-methyl/N-ethyl adjacent to an activating group) is 1. The maximum absolute atomic E-state index is 12.1. The van der Waals surface area contributed by atoms with E-state index in [1.165, 1.54) is 0 Å². The van der Waals surface area contributed by atoms with E-state index in [4.69, 9.17) is 10.00 Å². The molecule has 2 N–H and O–H groups in total. The number of hydrogen-bond donors (Lipinski definition) is 2. The first-order chi connectivity index (χ1) is 8.74. The molecule has 1 aliphatic rings. The van der Waals surface area contributed by atoms with Crippen LogP contribution in [0.2, 0.25) is 0 Å². The number of ether oxygens (including phenoxy) is 1. The summed E-state index contributed by atoms with van der Waals surface area (Å²) in [5.41, 5.74) is 1.17. The average molecular weight is 245 g/mol. The first-order valence-electron chi connectivity index (χ1n) is 5.80. The zero-order chi connectivity index (χ0) is 13.0. The van der Waals surface area contributed by atoms with Crippen molar-refractivity contribution >= 4 is 11.6 Å². The molecule has 1 aromatic carbocycles. The molecule has 5 heteroatoms. The molecule has 1 aromatic rings. The van der Waals surface area contributed by atoms with Crippen molar-refractivity contribution < 1.29 is 9.53 Å². The van der Waals surface area contributed by atoms with Gasteiger partial charge in [0.25, 0.3) is 0 Å².